The average molecular weight is 553 g/mol. The van der Waals surface area contributed by atoms with Gasteiger partial charge < -0.3 is 10.3 Å². The first-order chi connectivity index (χ1) is 19.3. The van der Waals surface area contributed by atoms with E-state index in [0.717, 1.165) is 48.2 Å². The molecule has 204 valence electrons. The van der Waals surface area contributed by atoms with Gasteiger partial charge in [0.25, 0.3) is 0 Å². The van der Waals surface area contributed by atoms with Gasteiger partial charge in [-0.1, -0.05) is 61.7 Å². The standard InChI is InChI=1S/C31H32N6O2S/c1-4-5-10-19-36-26-14-9-8-13-25(26)35-30(36)21(3)37-29(32)28(40(38,39)22-17-15-20(2)16-18-22)27-31(37)34-24-12-7-6-11-23(24)33-27/h6-9,11-18,21H,4-5,10,19,32H2,1-3H3. The van der Waals surface area contributed by atoms with Gasteiger partial charge >= 0.3 is 0 Å². The van der Waals surface area contributed by atoms with E-state index in [1.165, 1.54) is 0 Å². The van der Waals surface area contributed by atoms with Crippen LogP contribution in [0.15, 0.2) is 82.6 Å². The van der Waals surface area contributed by atoms with Crippen molar-refractivity contribution in [2.75, 3.05) is 5.73 Å². The van der Waals surface area contributed by atoms with Crippen LogP contribution in [0.4, 0.5) is 5.82 Å². The number of hydrogen-bond acceptors (Lipinski definition) is 6. The summed E-state index contributed by atoms with van der Waals surface area (Å²) in [5.74, 6) is 0.903. The SMILES string of the molecule is CCCCCn1c(C(C)n2c(N)c(S(=O)(=O)c3ccc(C)cc3)c3nc4ccccc4nc32)nc2ccccc21. The highest BCUT2D eigenvalue weighted by molar-refractivity contribution is 7.92. The van der Waals surface area contributed by atoms with E-state index in [0.29, 0.717) is 16.7 Å². The maximum atomic E-state index is 14.1. The number of nitrogen functional groups attached to an aromatic ring is 1. The van der Waals surface area contributed by atoms with Crippen molar-refractivity contribution in [3.8, 4) is 0 Å². The van der Waals surface area contributed by atoms with Gasteiger partial charge in [0.2, 0.25) is 9.84 Å². The van der Waals surface area contributed by atoms with Gasteiger partial charge in [0.15, 0.2) is 5.65 Å². The van der Waals surface area contributed by atoms with Crippen molar-refractivity contribution in [2.24, 2.45) is 0 Å². The largest absolute Gasteiger partial charge is 0.384 e. The van der Waals surface area contributed by atoms with Crippen LogP contribution in [0.2, 0.25) is 0 Å². The first kappa shape index (κ1) is 26.0. The Balaban J connectivity index is 1.62. The van der Waals surface area contributed by atoms with Crippen molar-refractivity contribution in [1.29, 1.82) is 0 Å². The van der Waals surface area contributed by atoms with Crippen LogP contribution < -0.4 is 5.73 Å². The normalized spacial score (nSPS) is 13.0. The summed E-state index contributed by atoms with van der Waals surface area (Å²) in [5.41, 5.74) is 11.6. The third-order valence-corrected chi connectivity index (χ3v) is 9.35. The minimum Gasteiger partial charge on any atom is -0.384 e. The molecule has 0 aliphatic heterocycles. The average Bonchev–Trinajstić information content (AvgIpc) is 3.46. The molecule has 3 aromatic carbocycles. The molecule has 0 radical (unpaired) electrons. The van der Waals surface area contributed by atoms with E-state index in [-0.39, 0.29) is 21.1 Å². The summed E-state index contributed by atoms with van der Waals surface area (Å²) in [6.45, 7) is 6.90. The lowest BCUT2D eigenvalue weighted by atomic mass is 10.2. The highest BCUT2D eigenvalue weighted by atomic mass is 32.2. The van der Waals surface area contributed by atoms with E-state index in [1.807, 2.05) is 56.3 Å². The topological polar surface area (TPSA) is 109 Å². The molecule has 6 rings (SSSR count). The van der Waals surface area contributed by atoms with Crippen LogP contribution in [-0.4, -0.2) is 32.5 Å². The molecule has 3 aromatic heterocycles. The summed E-state index contributed by atoms with van der Waals surface area (Å²) in [6, 6.07) is 21.9. The highest BCUT2D eigenvalue weighted by Gasteiger charge is 2.33. The van der Waals surface area contributed by atoms with Gasteiger partial charge in [-0.3, -0.25) is 4.57 Å². The number of sulfone groups is 1. The summed E-state index contributed by atoms with van der Waals surface area (Å²) in [5, 5.41) is 0. The summed E-state index contributed by atoms with van der Waals surface area (Å²) in [4.78, 5) is 14.9. The Labute approximate surface area is 233 Å². The number of hydrogen-bond donors (Lipinski definition) is 1. The molecule has 0 saturated carbocycles. The van der Waals surface area contributed by atoms with Crippen molar-refractivity contribution in [2.45, 2.75) is 62.4 Å². The summed E-state index contributed by atoms with van der Waals surface area (Å²) in [7, 11) is -4.00. The van der Waals surface area contributed by atoms with Gasteiger partial charge in [0.1, 0.15) is 22.1 Å². The molecule has 0 spiro atoms. The first-order valence-corrected chi connectivity index (χ1v) is 15.1. The smallest absolute Gasteiger partial charge is 0.212 e. The fourth-order valence-electron chi connectivity index (χ4n) is 5.43. The lowest BCUT2D eigenvalue weighted by molar-refractivity contribution is 0.538. The Morgan fingerprint density at radius 1 is 0.850 bits per heavy atom. The predicted molar refractivity (Wildman–Crippen MR) is 159 cm³/mol. The van der Waals surface area contributed by atoms with Crippen LogP contribution in [0.3, 0.4) is 0 Å². The van der Waals surface area contributed by atoms with Gasteiger partial charge in [-0.15, -0.1) is 0 Å². The van der Waals surface area contributed by atoms with E-state index in [4.69, 9.17) is 20.7 Å². The summed E-state index contributed by atoms with van der Waals surface area (Å²) >= 11 is 0. The molecule has 2 N–H and O–H groups in total. The number of anilines is 1. The fraction of sp³-hybridized carbons (Fsp3) is 0.258. The maximum Gasteiger partial charge on any atom is 0.212 e. The van der Waals surface area contributed by atoms with Gasteiger partial charge in [0, 0.05) is 6.54 Å². The predicted octanol–water partition coefficient (Wildman–Crippen LogP) is 6.46. The fourth-order valence-corrected chi connectivity index (χ4v) is 6.93. The number of nitrogens with zero attached hydrogens (tertiary/aromatic N) is 5. The second-order valence-corrected chi connectivity index (χ2v) is 12.2. The number of rotatable bonds is 8. The molecular weight excluding hydrogens is 520 g/mol. The molecule has 1 unspecified atom stereocenters. The summed E-state index contributed by atoms with van der Waals surface area (Å²) < 4.78 is 32.2. The van der Waals surface area contributed by atoms with Crippen LogP contribution in [0, 0.1) is 6.92 Å². The third-order valence-electron chi connectivity index (χ3n) is 7.52. The molecule has 0 aliphatic rings. The molecule has 0 fully saturated rings. The molecule has 0 bridgehead atoms. The number of para-hydroxylation sites is 4. The van der Waals surface area contributed by atoms with Gasteiger partial charge in [-0.05, 0) is 56.7 Å². The molecule has 3 heterocycles. The van der Waals surface area contributed by atoms with Crippen LogP contribution in [-0.2, 0) is 16.4 Å². The minimum absolute atomic E-state index is 0.0231. The molecule has 1 atom stereocenters. The first-order valence-electron chi connectivity index (χ1n) is 13.6. The Kier molecular flexibility index (Phi) is 6.54. The van der Waals surface area contributed by atoms with Crippen molar-refractivity contribution >= 4 is 48.9 Å². The molecule has 0 amide bonds. The molecule has 9 heteroatoms. The number of nitrogens with two attached hydrogens (primary N) is 1. The lowest BCUT2D eigenvalue weighted by Gasteiger charge is -2.19. The molecule has 6 aromatic rings. The van der Waals surface area contributed by atoms with Crippen molar-refractivity contribution < 1.29 is 8.42 Å². The zero-order chi connectivity index (χ0) is 28.0. The molecular formula is C31H32N6O2S. The van der Waals surface area contributed by atoms with Crippen LogP contribution in [0.5, 0.6) is 0 Å². The number of aromatic nitrogens is 5. The van der Waals surface area contributed by atoms with Crippen LogP contribution in [0.1, 0.15) is 50.5 Å². The Morgan fingerprint density at radius 3 is 2.20 bits per heavy atom. The highest BCUT2D eigenvalue weighted by Crippen LogP contribution is 2.39. The Hall–Kier alpha value is -4.24. The minimum atomic E-state index is -4.00. The second-order valence-electron chi connectivity index (χ2n) is 10.3. The number of benzene rings is 3. The van der Waals surface area contributed by atoms with Gasteiger partial charge in [0.05, 0.1) is 33.0 Å². The number of imidazole rings is 1. The van der Waals surface area contributed by atoms with Crippen molar-refractivity contribution in [1.82, 2.24) is 24.1 Å². The monoisotopic (exact) mass is 552 g/mol. The zero-order valence-electron chi connectivity index (χ0n) is 22.9. The maximum absolute atomic E-state index is 14.1. The quantitative estimate of drug-likeness (QED) is 0.217. The van der Waals surface area contributed by atoms with Gasteiger partial charge in [-0.2, -0.15) is 0 Å². The Bertz CT molecular complexity index is 1970. The summed E-state index contributed by atoms with van der Waals surface area (Å²) in [6.07, 6.45) is 3.22. The third kappa shape index (κ3) is 4.21. The van der Waals surface area contributed by atoms with Crippen LogP contribution in [0.25, 0.3) is 33.2 Å². The van der Waals surface area contributed by atoms with Gasteiger partial charge in [-0.25, -0.2) is 23.4 Å². The molecule has 8 nitrogen and oxygen atoms in total. The number of aryl methyl sites for hydroxylation is 2. The molecule has 0 saturated heterocycles. The van der Waals surface area contributed by atoms with Crippen LogP contribution >= 0.6 is 0 Å². The van der Waals surface area contributed by atoms with E-state index in [1.54, 1.807) is 28.8 Å². The van der Waals surface area contributed by atoms with E-state index >= 15 is 0 Å². The number of fused-ring (bicyclic) bond motifs is 3. The Morgan fingerprint density at radius 2 is 1.50 bits per heavy atom. The van der Waals surface area contributed by atoms with E-state index in [9.17, 15) is 8.42 Å². The molecule has 40 heavy (non-hydrogen) atoms. The lowest BCUT2D eigenvalue weighted by Crippen LogP contribution is -2.17. The second kappa shape index (κ2) is 10.1. The zero-order valence-corrected chi connectivity index (χ0v) is 23.7. The van der Waals surface area contributed by atoms with E-state index < -0.39 is 15.9 Å². The van der Waals surface area contributed by atoms with Crippen molar-refractivity contribution in [3.63, 3.8) is 0 Å². The van der Waals surface area contributed by atoms with Crippen molar-refractivity contribution in [3.05, 3.63) is 84.2 Å². The van der Waals surface area contributed by atoms with E-state index in [2.05, 4.69) is 17.6 Å². The number of unbranched alkanes of at least 4 members (excludes halogenated alkanes) is 2. The molecule has 0 aliphatic carbocycles.